The first-order valence-electron chi connectivity index (χ1n) is 6.56. The zero-order chi connectivity index (χ0) is 16.3. The van der Waals surface area contributed by atoms with E-state index in [4.69, 9.17) is 0 Å². The monoisotopic (exact) mass is 298 g/mol. The number of nitro groups is 1. The van der Waals surface area contributed by atoms with Crippen molar-refractivity contribution in [2.75, 3.05) is 5.32 Å². The smallest absolute Gasteiger partial charge is 0.272 e. The minimum atomic E-state index is -0.489. The van der Waals surface area contributed by atoms with E-state index in [1.165, 1.54) is 25.1 Å². The lowest BCUT2D eigenvalue weighted by Gasteiger charge is -2.07. The number of Topliss-reactive ketones (excluding diaryl/α,β-unsaturated/α-hetero) is 1. The molecule has 0 heterocycles. The lowest BCUT2D eigenvalue weighted by molar-refractivity contribution is -0.385. The molecule has 0 aliphatic rings. The molecule has 0 aliphatic heterocycles. The highest BCUT2D eigenvalue weighted by Crippen LogP contribution is 2.19. The molecule has 2 aromatic carbocycles. The summed E-state index contributed by atoms with van der Waals surface area (Å²) in [5.74, 6) is -0.419. The van der Waals surface area contributed by atoms with Gasteiger partial charge in [0.25, 0.3) is 11.6 Å². The van der Waals surface area contributed by atoms with Crippen molar-refractivity contribution < 1.29 is 14.5 Å². The molecule has 2 aromatic rings. The number of nitrogens with zero attached hydrogens (tertiary/aromatic N) is 1. The van der Waals surface area contributed by atoms with Crippen LogP contribution >= 0.6 is 0 Å². The summed E-state index contributed by atoms with van der Waals surface area (Å²) in [4.78, 5) is 33.6. The van der Waals surface area contributed by atoms with E-state index in [1.54, 1.807) is 31.2 Å². The predicted molar refractivity (Wildman–Crippen MR) is 82.2 cm³/mol. The molecule has 0 radical (unpaired) electrons. The molecule has 6 heteroatoms. The highest BCUT2D eigenvalue weighted by atomic mass is 16.6. The van der Waals surface area contributed by atoms with Gasteiger partial charge in [0.1, 0.15) is 0 Å². The normalized spacial score (nSPS) is 10.1. The average Bonchev–Trinajstić information content (AvgIpc) is 2.47. The third-order valence-corrected chi connectivity index (χ3v) is 3.20. The fourth-order valence-electron chi connectivity index (χ4n) is 1.99. The van der Waals surface area contributed by atoms with Gasteiger partial charge in [0.15, 0.2) is 5.78 Å². The standard InChI is InChI=1S/C16H14N2O4/c1-10-9-13(5-8-15(10)18(21)22)16(20)17-14-6-3-12(4-7-14)11(2)19/h3-9H,1-2H3,(H,17,20). The maximum Gasteiger partial charge on any atom is 0.272 e. The number of carbonyl (C=O) groups excluding carboxylic acids is 2. The Hall–Kier alpha value is -3.02. The molecule has 0 aliphatic carbocycles. The first kappa shape index (κ1) is 15.4. The third kappa shape index (κ3) is 3.35. The summed E-state index contributed by atoms with van der Waals surface area (Å²) in [6.07, 6.45) is 0. The average molecular weight is 298 g/mol. The summed E-state index contributed by atoms with van der Waals surface area (Å²) >= 11 is 0. The molecular weight excluding hydrogens is 284 g/mol. The number of carbonyl (C=O) groups is 2. The van der Waals surface area contributed by atoms with Gasteiger partial charge in [0, 0.05) is 28.4 Å². The lowest BCUT2D eigenvalue weighted by atomic mass is 10.1. The molecule has 1 amide bonds. The summed E-state index contributed by atoms with van der Waals surface area (Å²) in [6.45, 7) is 3.05. The van der Waals surface area contributed by atoms with E-state index < -0.39 is 4.92 Å². The van der Waals surface area contributed by atoms with Crippen LogP contribution in [0.3, 0.4) is 0 Å². The van der Waals surface area contributed by atoms with Gasteiger partial charge >= 0.3 is 0 Å². The molecule has 22 heavy (non-hydrogen) atoms. The van der Waals surface area contributed by atoms with E-state index >= 15 is 0 Å². The minimum absolute atomic E-state index is 0.0256. The quantitative estimate of drug-likeness (QED) is 0.532. The van der Waals surface area contributed by atoms with Crippen LogP contribution in [0.15, 0.2) is 42.5 Å². The Morgan fingerprint density at radius 3 is 2.14 bits per heavy atom. The molecule has 112 valence electrons. The molecule has 2 rings (SSSR count). The van der Waals surface area contributed by atoms with Gasteiger partial charge in [-0.1, -0.05) is 0 Å². The van der Waals surface area contributed by atoms with Gasteiger partial charge in [-0.2, -0.15) is 0 Å². The Kier molecular flexibility index (Phi) is 4.31. The van der Waals surface area contributed by atoms with Crippen LogP contribution in [-0.2, 0) is 0 Å². The Bertz CT molecular complexity index is 751. The van der Waals surface area contributed by atoms with Crippen molar-refractivity contribution in [3.63, 3.8) is 0 Å². The first-order valence-corrected chi connectivity index (χ1v) is 6.56. The van der Waals surface area contributed by atoms with Gasteiger partial charge in [-0.15, -0.1) is 0 Å². The molecule has 0 spiro atoms. The second-order valence-electron chi connectivity index (χ2n) is 4.85. The molecule has 0 saturated carbocycles. The van der Waals surface area contributed by atoms with Crippen molar-refractivity contribution in [3.05, 3.63) is 69.3 Å². The number of hydrogen-bond donors (Lipinski definition) is 1. The van der Waals surface area contributed by atoms with Crippen LogP contribution in [0.4, 0.5) is 11.4 Å². The number of aryl methyl sites for hydroxylation is 1. The van der Waals surface area contributed by atoms with E-state index in [1.807, 2.05) is 0 Å². The van der Waals surface area contributed by atoms with Crippen molar-refractivity contribution in [2.45, 2.75) is 13.8 Å². The second-order valence-corrected chi connectivity index (χ2v) is 4.85. The Morgan fingerprint density at radius 2 is 1.64 bits per heavy atom. The van der Waals surface area contributed by atoms with Crippen LogP contribution in [0.2, 0.25) is 0 Å². The fraction of sp³-hybridized carbons (Fsp3) is 0.125. The van der Waals surface area contributed by atoms with Gasteiger partial charge in [-0.3, -0.25) is 19.7 Å². The van der Waals surface area contributed by atoms with Gasteiger partial charge in [0.2, 0.25) is 0 Å². The number of nitrogens with one attached hydrogen (secondary N) is 1. The summed E-state index contributed by atoms with van der Waals surface area (Å²) in [5.41, 5.74) is 1.83. The van der Waals surface area contributed by atoms with Gasteiger partial charge < -0.3 is 5.32 Å². The highest BCUT2D eigenvalue weighted by molar-refractivity contribution is 6.04. The second kappa shape index (κ2) is 6.17. The molecule has 0 atom stereocenters. The van der Waals surface area contributed by atoms with Crippen molar-refractivity contribution in [1.82, 2.24) is 0 Å². The molecule has 0 unspecified atom stereocenters. The van der Waals surface area contributed by atoms with Crippen molar-refractivity contribution >= 4 is 23.1 Å². The van der Waals surface area contributed by atoms with Crippen LogP contribution in [0.5, 0.6) is 0 Å². The molecule has 1 N–H and O–H groups in total. The van der Waals surface area contributed by atoms with E-state index in [2.05, 4.69) is 5.32 Å². The number of ketones is 1. The van der Waals surface area contributed by atoms with E-state index in [0.717, 1.165) is 0 Å². The molecule has 6 nitrogen and oxygen atoms in total. The van der Waals surface area contributed by atoms with E-state index in [-0.39, 0.29) is 17.4 Å². The molecule has 0 bridgehead atoms. The Morgan fingerprint density at radius 1 is 1.05 bits per heavy atom. The topological polar surface area (TPSA) is 89.3 Å². The molecular formula is C16H14N2O4. The number of benzene rings is 2. The Labute approximate surface area is 126 Å². The maximum absolute atomic E-state index is 12.1. The first-order chi connectivity index (χ1) is 10.4. The van der Waals surface area contributed by atoms with E-state index in [0.29, 0.717) is 22.4 Å². The predicted octanol–water partition coefficient (Wildman–Crippen LogP) is 3.36. The van der Waals surface area contributed by atoms with Gasteiger partial charge in [0.05, 0.1) is 4.92 Å². The lowest BCUT2D eigenvalue weighted by Crippen LogP contribution is -2.12. The SMILES string of the molecule is CC(=O)c1ccc(NC(=O)c2ccc([N+](=O)[O-])c(C)c2)cc1. The number of anilines is 1. The van der Waals surface area contributed by atoms with Crippen molar-refractivity contribution in [2.24, 2.45) is 0 Å². The molecule has 0 fully saturated rings. The minimum Gasteiger partial charge on any atom is -0.322 e. The maximum atomic E-state index is 12.1. The summed E-state index contributed by atoms with van der Waals surface area (Å²) in [7, 11) is 0. The van der Waals surface area contributed by atoms with Gasteiger partial charge in [-0.25, -0.2) is 0 Å². The van der Waals surface area contributed by atoms with Crippen LogP contribution < -0.4 is 5.32 Å². The van der Waals surface area contributed by atoms with Gasteiger partial charge in [-0.05, 0) is 50.2 Å². The molecule has 0 aromatic heterocycles. The zero-order valence-corrected chi connectivity index (χ0v) is 12.1. The number of hydrogen-bond acceptors (Lipinski definition) is 4. The Balaban J connectivity index is 2.17. The van der Waals surface area contributed by atoms with Crippen LogP contribution in [-0.4, -0.2) is 16.6 Å². The van der Waals surface area contributed by atoms with Crippen molar-refractivity contribution in [1.29, 1.82) is 0 Å². The highest BCUT2D eigenvalue weighted by Gasteiger charge is 2.14. The third-order valence-electron chi connectivity index (χ3n) is 3.20. The fourth-order valence-corrected chi connectivity index (χ4v) is 1.99. The van der Waals surface area contributed by atoms with Crippen molar-refractivity contribution in [3.8, 4) is 0 Å². The number of amides is 1. The van der Waals surface area contributed by atoms with E-state index in [9.17, 15) is 19.7 Å². The number of rotatable bonds is 4. The zero-order valence-electron chi connectivity index (χ0n) is 12.1. The van der Waals surface area contributed by atoms with Crippen LogP contribution in [0.25, 0.3) is 0 Å². The summed E-state index contributed by atoms with van der Waals surface area (Å²) < 4.78 is 0. The van der Waals surface area contributed by atoms with Crippen LogP contribution in [0, 0.1) is 17.0 Å². The molecule has 0 saturated heterocycles. The largest absolute Gasteiger partial charge is 0.322 e. The van der Waals surface area contributed by atoms with Crippen LogP contribution in [0.1, 0.15) is 33.2 Å². The number of nitro benzene ring substituents is 1. The summed E-state index contributed by atoms with van der Waals surface area (Å²) in [6, 6.07) is 10.7. The summed E-state index contributed by atoms with van der Waals surface area (Å²) in [5, 5.41) is 13.4.